The summed E-state index contributed by atoms with van der Waals surface area (Å²) >= 11 is 0. The number of nitrogens with one attached hydrogen (secondary N) is 1. The third-order valence-electron chi connectivity index (χ3n) is 2.07. The van der Waals surface area contributed by atoms with Gasteiger partial charge in [-0.2, -0.15) is 0 Å². The van der Waals surface area contributed by atoms with Gasteiger partial charge in [-0.25, -0.2) is 9.97 Å². The number of rotatable bonds is 5. The Morgan fingerprint density at radius 3 is 2.47 bits per heavy atom. The molecule has 5 nitrogen and oxygen atoms in total. The van der Waals surface area contributed by atoms with Gasteiger partial charge in [-0.05, 0) is 5.92 Å². The zero-order valence-electron chi connectivity index (χ0n) is 9.01. The first kappa shape index (κ1) is 11.9. The van der Waals surface area contributed by atoms with Crippen LogP contribution in [0.2, 0.25) is 0 Å². The van der Waals surface area contributed by atoms with Crippen LogP contribution in [-0.4, -0.2) is 39.4 Å². The Morgan fingerprint density at radius 2 is 1.93 bits per heavy atom. The molecule has 1 heterocycles. The summed E-state index contributed by atoms with van der Waals surface area (Å²) in [7, 11) is 0. The molecule has 1 aromatic heterocycles. The molecule has 0 aliphatic heterocycles. The van der Waals surface area contributed by atoms with Crippen LogP contribution in [0.15, 0.2) is 12.4 Å². The van der Waals surface area contributed by atoms with Gasteiger partial charge < -0.3 is 15.5 Å². The molecule has 15 heavy (non-hydrogen) atoms. The van der Waals surface area contributed by atoms with Crippen molar-refractivity contribution in [3.63, 3.8) is 0 Å². The minimum absolute atomic E-state index is 0.127. The van der Waals surface area contributed by atoms with Gasteiger partial charge in [-0.15, -0.1) is 0 Å². The molecule has 0 bridgehead atoms. The molecule has 0 aliphatic carbocycles. The predicted octanol–water partition coefficient (Wildman–Crippen LogP) is 0.365. The summed E-state index contributed by atoms with van der Waals surface area (Å²) in [6.07, 6.45) is 1.48. The van der Waals surface area contributed by atoms with Crippen molar-refractivity contribution in [3.05, 3.63) is 18.1 Å². The fourth-order valence-electron chi connectivity index (χ4n) is 1.13. The summed E-state index contributed by atoms with van der Waals surface area (Å²) in [6, 6.07) is 1.45. The van der Waals surface area contributed by atoms with E-state index >= 15 is 0 Å². The summed E-state index contributed by atoms with van der Waals surface area (Å²) in [5, 5.41) is 20.7. The van der Waals surface area contributed by atoms with Crippen molar-refractivity contribution in [1.29, 1.82) is 0 Å². The summed E-state index contributed by atoms with van der Waals surface area (Å²) in [5.74, 6) is 0.956. The van der Waals surface area contributed by atoms with E-state index < -0.39 is 0 Å². The van der Waals surface area contributed by atoms with Crippen molar-refractivity contribution in [2.24, 2.45) is 0 Å². The Balaban J connectivity index is 2.72. The molecule has 0 aromatic carbocycles. The van der Waals surface area contributed by atoms with Gasteiger partial charge in [0, 0.05) is 11.8 Å². The van der Waals surface area contributed by atoms with Crippen molar-refractivity contribution in [2.45, 2.75) is 25.8 Å². The normalized spacial score (nSPS) is 11.1. The monoisotopic (exact) mass is 211 g/mol. The van der Waals surface area contributed by atoms with Gasteiger partial charge in [-0.1, -0.05) is 13.8 Å². The van der Waals surface area contributed by atoms with Gasteiger partial charge in [0.15, 0.2) is 0 Å². The van der Waals surface area contributed by atoms with Gasteiger partial charge in [0.25, 0.3) is 0 Å². The Morgan fingerprint density at radius 1 is 1.27 bits per heavy atom. The lowest BCUT2D eigenvalue weighted by Crippen LogP contribution is -2.28. The molecule has 0 unspecified atom stereocenters. The lowest BCUT2D eigenvalue weighted by atomic mass is 10.1. The first-order valence-electron chi connectivity index (χ1n) is 4.97. The van der Waals surface area contributed by atoms with Crippen LogP contribution in [-0.2, 0) is 0 Å². The highest BCUT2D eigenvalue weighted by Gasteiger charge is 2.07. The minimum atomic E-state index is -0.375. The predicted molar refractivity (Wildman–Crippen MR) is 57.7 cm³/mol. The first-order chi connectivity index (χ1) is 7.17. The van der Waals surface area contributed by atoms with Crippen molar-refractivity contribution in [3.8, 4) is 0 Å². The molecule has 0 saturated heterocycles. The molecule has 1 rings (SSSR count). The molecule has 0 radical (unpaired) electrons. The Hall–Kier alpha value is -1.20. The molecule has 0 atom stereocenters. The number of aliphatic hydroxyl groups is 2. The van der Waals surface area contributed by atoms with Crippen LogP contribution in [0.1, 0.15) is 25.5 Å². The SMILES string of the molecule is CC(C)c1cc(NC(CO)CO)ncn1. The highest BCUT2D eigenvalue weighted by Crippen LogP contribution is 2.13. The van der Waals surface area contributed by atoms with E-state index in [1.54, 1.807) is 0 Å². The Bertz CT molecular complexity index is 300. The summed E-state index contributed by atoms with van der Waals surface area (Å²) in [4.78, 5) is 8.13. The van der Waals surface area contributed by atoms with Gasteiger partial charge in [0.1, 0.15) is 12.1 Å². The number of hydrogen-bond acceptors (Lipinski definition) is 5. The topological polar surface area (TPSA) is 78.3 Å². The highest BCUT2D eigenvalue weighted by molar-refractivity contribution is 5.36. The van der Waals surface area contributed by atoms with E-state index in [4.69, 9.17) is 10.2 Å². The molecular weight excluding hydrogens is 194 g/mol. The van der Waals surface area contributed by atoms with Gasteiger partial charge in [0.2, 0.25) is 0 Å². The minimum Gasteiger partial charge on any atom is -0.394 e. The van der Waals surface area contributed by atoms with E-state index in [-0.39, 0.29) is 19.3 Å². The molecule has 0 saturated carbocycles. The molecular formula is C10H17N3O2. The Labute approximate surface area is 89.2 Å². The zero-order chi connectivity index (χ0) is 11.3. The van der Waals surface area contributed by atoms with E-state index in [0.717, 1.165) is 5.69 Å². The number of hydrogen-bond donors (Lipinski definition) is 3. The number of aliphatic hydroxyl groups excluding tert-OH is 2. The smallest absolute Gasteiger partial charge is 0.129 e. The van der Waals surface area contributed by atoms with Crippen molar-refractivity contribution < 1.29 is 10.2 Å². The molecule has 84 valence electrons. The maximum Gasteiger partial charge on any atom is 0.129 e. The third kappa shape index (κ3) is 3.45. The van der Waals surface area contributed by atoms with E-state index in [1.807, 2.05) is 19.9 Å². The number of anilines is 1. The summed E-state index contributed by atoms with van der Waals surface area (Å²) in [6.45, 7) is 3.83. The molecule has 5 heteroatoms. The molecule has 0 spiro atoms. The quantitative estimate of drug-likeness (QED) is 0.655. The zero-order valence-corrected chi connectivity index (χ0v) is 9.01. The average molecular weight is 211 g/mol. The number of nitrogens with zero attached hydrogens (tertiary/aromatic N) is 2. The van der Waals surface area contributed by atoms with Gasteiger partial charge in [0.05, 0.1) is 19.3 Å². The second-order valence-corrected chi connectivity index (χ2v) is 3.69. The largest absolute Gasteiger partial charge is 0.394 e. The van der Waals surface area contributed by atoms with E-state index in [1.165, 1.54) is 6.33 Å². The third-order valence-corrected chi connectivity index (χ3v) is 2.07. The highest BCUT2D eigenvalue weighted by atomic mass is 16.3. The van der Waals surface area contributed by atoms with Crippen LogP contribution in [0, 0.1) is 0 Å². The molecule has 1 aromatic rings. The van der Waals surface area contributed by atoms with Crippen molar-refractivity contribution in [1.82, 2.24) is 9.97 Å². The fraction of sp³-hybridized carbons (Fsp3) is 0.600. The first-order valence-corrected chi connectivity index (χ1v) is 4.97. The second-order valence-electron chi connectivity index (χ2n) is 3.69. The van der Waals surface area contributed by atoms with E-state index in [9.17, 15) is 0 Å². The average Bonchev–Trinajstić information content (AvgIpc) is 2.26. The molecule has 0 fully saturated rings. The fourth-order valence-corrected chi connectivity index (χ4v) is 1.13. The van der Waals surface area contributed by atoms with Crippen molar-refractivity contribution in [2.75, 3.05) is 18.5 Å². The lowest BCUT2D eigenvalue weighted by Gasteiger charge is -2.14. The van der Waals surface area contributed by atoms with Crippen LogP contribution >= 0.6 is 0 Å². The van der Waals surface area contributed by atoms with Crippen molar-refractivity contribution >= 4 is 5.82 Å². The standard InChI is InChI=1S/C10H17N3O2/c1-7(2)9-3-10(12-6-11-9)13-8(4-14)5-15/h3,6-8,14-15H,4-5H2,1-2H3,(H,11,12,13). The van der Waals surface area contributed by atoms with Crippen LogP contribution in [0.25, 0.3) is 0 Å². The maximum absolute atomic E-state index is 8.90. The second kappa shape index (κ2) is 5.63. The van der Waals surface area contributed by atoms with Crippen LogP contribution in [0.5, 0.6) is 0 Å². The lowest BCUT2D eigenvalue weighted by molar-refractivity contribution is 0.203. The van der Waals surface area contributed by atoms with Crippen LogP contribution in [0.4, 0.5) is 5.82 Å². The molecule has 0 amide bonds. The maximum atomic E-state index is 8.90. The van der Waals surface area contributed by atoms with E-state index in [0.29, 0.717) is 11.7 Å². The van der Waals surface area contributed by atoms with Gasteiger partial charge >= 0.3 is 0 Å². The van der Waals surface area contributed by atoms with Crippen LogP contribution in [0.3, 0.4) is 0 Å². The van der Waals surface area contributed by atoms with E-state index in [2.05, 4.69) is 15.3 Å². The number of aromatic nitrogens is 2. The Kier molecular flexibility index (Phi) is 4.45. The van der Waals surface area contributed by atoms with Gasteiger partial charge in [-0.3, -0.25) is 0 Å². The molecule has 3 N–H and O–H groups in total. The molecule has 0 aliphatic rings. The summed E-state index contributed by atoms with van der Waals surface area (Å²) in [5.41, 5.74) is 0.933. The summed E-state index contributed by atoms with van der Waals surface area (Å²) < 4.78 is 0. The van der Waals surface area contributed by atoms with Crippen LogP contribution < -0.4 is 5.32 Å².